The van der Waals surface area contributed by atoms with Crippen LogP contribution in [0.15, 0.2) is 243 Å². The van der Waals surface area contributed by atoms with Gasteiger partial charge in [-0.3, -0.25) is 0 Å². The lowest BCUT2D eigenvalue weighted by molar-refractivity contribution is 0.589. The molecule has 0 saturated heterocycles. The Labute approximate surface area is 387 Å². The number of nitrogens with zero attached hydrogens (tertiary/aromatic N) is 1. The second-order valence-electron chi connectivity index (χ2n) is 18.8. The van der Waals surface area contributed by atoms with Gasteiger partial charge in [-0.25, -0.2) is 0 Å². The predicted molar refractivity (Wildman–Crippen MR) is 281 cm³/mol. The molecule has 0 aliphatic heterocycles. The quantitative estimate of drug-likeness (QED) is 0.154. The average Bonchev–Trinajstić information content (AvgIpc) is 3.67. The third-order valence-electron chi connectivity index (χ3n) is 14.1. The minimum atomic E-state index is -0.596. The normalized spacial score (nSPS) is 14.3. The first kappa shape index (κ1) is 39.6. The maximum absolute atomic E-state index is 2.48. The Bertz CT molecular complexity index is 3470. The van der Waals surface area contributed by atoms with Crippen molar-refractivity contribution in [3.63, 3.8) is 0 Å². The first-order valence-electron chi connectivity index (χ1n) is 23.2. The molecule has 1 aliphatic carbocycles. The fourth-order valence-corrected chi connectivity index (χ4v) is 11.0. The molecule has 0 heterocycles. The Kier molecular flexibility index (Phi) is 9.36. The third kappa shape index (κ3) is 6.30. The summed E-state index contributed by atoms with van der Waals surface area (Å²) >= 11 is 0. The molecular weight excluding hydrogens is 795 g/mol. The molecule has 0 radical (unpaired) electrons. The molecule has 1 heteroatoms. The topological polar surface area (TPSA) is 3.24 Å². The molecule has 0 amide bonds. The van der Waals surface area contributed by atoms with E-state index in [1.165, 1.54) is 93.5 Å². The molecule has 12 rings (SSSR count). The van der Waals surface area contributed by atoms with Crippen LogP contribution in [0.25, 0.3) is 65.7 Å². The Morgan fingerprint density at radius 1 is 0.333 bits per heavy atom. The molecule has 0 N–H and O–H groups in total. The first-order valence-corrected chi connectivity index (χ1v) is 23.2. The van der Waals surface area contributed by atoms with Gasteiger partial charge in [-0.2, -0.15) is 0 Å². The van der Waals surface area contributed by atoms with Gasteiger partial charge in [0, 0.05) is 16.9 Å². The van der Waals surface area contributed by atoms with Gasteiger partial charge in [-0.05, 0) is 124 Å². The maximum atomic E-state index is 2.48. The van der Waals surface area contributed by atoms with E-state index in [1.54, 1.807) is 0 Å². The molecule has 0 saturated carbocycles. The van der Waals surface area contributed by atoms with Crippen LogP contribution in [0.4, 0.5) is 17.1 Å². The van der Waals surface area contributed by atoms with Gasteiger partial charge in [0.05, 0.1) is 11.1 Å². The van der Waals surface area contributed by atoms with E-state index in [4.69, 9.17) is 0 Å². The minimum Gasteiger partial charge on any atom is -0.310 e. The van der Waals surface area contributed by atoms with Crippen LogP contribution in [0.5, 0.6) is 0 Å². The third-order valence-corrected chi connectivity index (χ3v) is 14.1. The summed E-state index contributed by atoms with van der Waals surface area (Å²) in [5.41, 5.74) is 16.6. The SMILES string of the molecule is CC(C)(C)c1ccc(C2(c3cccc4ccccc34)c3ccccc3-c3c(N(c4ccc(-c5cccc6ccccc56)cc4)c4ccc(-c5cccc6ccccc56)cc4)cccc32)cc1. The highest BCUT2D eigenvalue weighted by Crippen LogP contribution is 2.60. The van der Waals surface area contributed by atoms with Crippen LogP contribution in [0, 0.1) is 0 Å². The van der Waals surface area contributed by atoms with Gasteiger partial charge < -0.3 is 4.90 Å². The summed E-state index contributed by atoms with van der Waals surface area (Å²) < 4.78 is 0. The maximum Gasteiger partial charge on any atom is 0.0720 e. The standard InChI is InChI=1S/C65H49N/c1-64(2,3)49-36-38-50(39-37-49)65(59-29-14-21-46-18-6-9-24-57(46)59)60-28-11-10-25-58(60)63-61(65)30-15-31-62(63)66(51-40-32-47(33-41-51)55-26-12-19-44-16-4-7-22-53(44)55)52-42-34-48(35-43-52)56-27-13-20-45-17-5-8-23-54(45)56/h4-43H,1-3H3. The first-order chi connectivity index (χ1) is 32.4. The van der Waals surface area contributed by atoms with E-state index in [0.29, 0.717) is 0 Å². The molecule has 1 nitrogen and oxygen atoms in total. The second-order valence-corrected chi connectivity index (χ2v) is 18.8. The van der Waals surface area contributed by atoms with Crippen LogP contribution in [0.1, 0.15) is 48.6 Å². The number of anilines is 3. The Balaban J connectivity index is 1.11. The predicted octanol–water partition coefficient (Wildman–Crippen LogP) is 17.6. The van der Waals surface area contributed by atoms with Crippen molar-refractivity contribution in [3.8, 4) is 33.4 Å². The van der Waals surface area contributed by atoms with Gasteiger partial charge in [0.2, 0.25) is 0 Å². The summed E-state index contributed by atoms with van der Waals surface area (Å²) in [6, 6.07) is 90.4. The molecule has 11 aromatic carbocycles. The number of rotatable bonds is 7. The highest BCUT2D eigenvalue weighted by Gasteiger charge is 2.48. The zero-order valence-corrected chi connectivity index (χ0v) is 37.5. The molecule has 314 valence electrons. The van der Waals surface area contributed by atoms with Crippen molar-refractivity contribution in [2.24, 2.45) is 0 Å². The van der Waals surface area contributed by atoms with E-state index >= 15 is 0 Å². The molecule has 0 spiro atoms. The summed E-state index contributed by atoms with van der Waals surface area (Å²) in [6.45, 7) is 6.89. The summed E-state index contributed by atoms with van der Waals surface area (Å²) in [6.07, 6.45) is 0. The summed E-state index contributed by atoms with van der Waals surface area (Å²) in [7, 11) is 0. The lowest BCUT2D eigenvalue weighted by Crippen LogP contribution is -2.29. The van der Waals surface area contributed by atoms with Crippen molar-refractivity contribution in [1.82, 2.24) is 0 Å². The van der Waals surface area contributed by atoms with E-state index < -0.39 is 5.41 Å². The highest BCUT2D eigenvalue weighted by molar-refractivity contribution is 6.02. The van der Waals surface area contributed by atoms with Crippen molar-refractivity contribution in [2.45, 2.75) is 31.6 Å². The van der Waals surface area contributed by atoms with Crippen molar-refractivity contribution >= 4 is 49.4 Å². The number of benzene rings is 11. The molecule has 0 fully saturated rings. The fraction of sp³-hybridized carbons (Fsp3) is 0.0769. The second kappa shape index (κ2) is 15.6. The largest absolute Gasteiger partial charge is 0.310 e. The van der Waals surface area contributed by atoms with Crippen molar-refractivity contribution in [3.05, 3.63) is 270 Å². The lowest BCUT2D eigenvalue weighted by atomic mass is 9.66. The summed E-state index contributed by atoms with van der Waals surface area (Å²) in [5.74, 6) is 0. The molecular formula is C65H49N. The molecule has 1 unspecified atom stereocenters. The van der Waals surface area contributed by atoms with Crippen LogP contribution >= 0.6 is 0 Å². The van der Waals surface area contributed by atoms with E-state index in [-0.39, 0.29) is 5.41 Å². The minimum absolute atomic E-state index is 0.0244. The van der Waals surface area contributed by atoms with E-state index in [0.717, 1.165) is 17.1 Å². The molecule has 66 heavy (non-hydrogen) atoms. The Morgan fingerprint density at radius 3 is 1.33 bits per heavy atom. The molecule has 0 aromatic heterocycles. The van der Waals surface area contributed by atoms with E-state index in [1.807, 2.05) is 0 Å². The van der Waals surface area contributed by atoms with Crippen molar-refractivity contribution < 1.29 is 0 Å². The molecule has 1 aliphatic rings. The fourth-order valence-electron chi connectivity index (χ4n) is 11.0. The number of hydrogen-bond acceptors (Lipinski definition) is 1. The zero-order valence-electron chi connectivity index (χ0n) is 37.5. The zero-order chi connectivity index (χ0) is 44.4. The van der Waals surface area contributed by atoms with Crippen molar-refractivity contribution in [1.29, 1.82) is 0 Å². The van der Waals surface area contributed by atoms with Crippen LogP contribution in [-0.2, 0) is 10.8 Å². The monoisotopic (exact) mass is 843 g/mol. The summed E-state index contributed by atoms with van der Waals surface area (Å²) in [4.78, 5) is 2.48. The van der Waals surface area contributed by atoms with Gasteiger partial charge in [-0.15, -0.1) is 0 Å². The van der Waals surface area contributed by atoms with Gasteiger partial charge in [0.1, 0.15) is 0 Å². The van der Waals surface area contributed by atoms with E-state index in [9.17, 15) is 0 Å². The van der Waals surface area contributed by atoms with Gasteiger partial charge in [-0.1, -0.05) is 233 Å². The van der Waals surface area contributed by atoms with Crippen LogP contribution in [0.3, 0.4) is 0 Å². The lowest BCUT2D eigenvalue weighted by Gasteiger charge is -2.36. The van der Waals surface area contributed by atoms with Gasteiger partial charge in [0.25, 0.3) is 0 Å². The average molecular weight is 844 g/mol. The van der Waals surface area contributed by atoms with Crippen LogP contribution in [-0.4, -0.2) is 0 Å². The van der Waals surface area contributed by atoms with Crippen LogP contribution < -0.4 is 4.90 Å². The Morgan fingerprint density at radius 2 is 0.758 bits per heavy atom. The van der Waals surface area contributed by atoms with Crippen molar-refractivity contribution in [2.75, 3.05) is 4.90 Å². The molecule has 0 bridgehead atoms. The smallest absolute Gasteiger partial charge is 0.0720 e. The highest BCUT2D eigenvalue weighted by atomic mass is 15.1. The Hall–Kier alpha value is -8.00. The summed E-state index contributed by atoms with van der Waals surface area (Å²) in [5, 5.41) is 7.50. The number of hydrogen-bond donors (Lipinski definition) is 0. The molecule has 1 atom stereocenters. The van der Waals surface area contributed by atoms with Gasteiger partial charge in [0.15, 0.2) is 0 Å². The number of fused-ring (bicyclic) bond motifs is 6. The molecule has 11 aromatic rings. The van der Waals surface area contributed by atoms with Crippen LogP contribution in [0.2, 0.25) is 0 Å². The van der Waals surface area contributed by atoms with E-state index in [2.05, 4.69) is 268 Å². The van der Waals surface area contributed by atoms with Gasteiger partial charge >= 0.3 is 0 Å².